The van der Waals surface area contributed by atoms with Gasteiger partial charge in [-0.25, -0.2) is 0 Å². The van der Waals surface area contributed by atoms with Crippen molar-refractivity contribution in [1.29, 1.82) is 0 Å². The quantitative estimate of drug-likeness (QED) is 0.647. The van der Waals surface area contributed by atoms with Gasteiger partial charge in [-0.2, -0.15) is 0 Å². The predicted octanol–water partition coefficient (Wildman–Crippen LogP) is 3.51. The Labute approximate surface area is 121 Å². The molecule has 0 aliphatic heterocycles. The van der Waals surface area contributed by atoms with Crippen LogP contribution < -0.4 is 11.3 Å². The van der Waals surface area contributed by atoms with Crippen molar-refractivity contribution in [2.75, 3.05) is 0 Å². The molecule has 0 saturated carbocycles. The van der Waals surface area contributed by atoms with Gasteiger partial charge in [0.15, 0.2) is 0 Å². The number of hydrazine groups is 1. The summed E-state index contributed by atoms with van der Waals surface area (Å²) in [6, 6.07) is 6.56. The van der Waals surface area contributed by atoms with Crippen molar-refractivity contribution in [2.45, 2.75) is 46.6 Å². The zero-order chi connectivity index (χ0) is 14.7. The first-order chi connectivity index (χ1) is 9.56. The van der Waals surface area contributed by atoms with Crippen molar-refractivity contribution in [3.8, 4) is 0 Å². The van der Waals surface area contributed by atoms with Gasteiger partial charge in [-0.1, -0.05) is 24.6 Å². The third-order valence-corrected chi connectivity index (χ3v) is 3.93. The highest BCUT2D eigenvalue weighted by Gasteiger charge is 2.18. The summed E-state index contributed by atoms with van der Waals surface area (Å²) in [5.41, 5.74) is 9.41. The van der Waals surface area contributed by atoms with Crippen LogP contribution in [0.5, 0.6) is 0 Å². The molecule has 2 rings (SSSR count). The van der Waals surface area contributed by atoms with E-state index in [1.807, 2.05) is 6.07 Å². The molecule has 0 bridgehead atoms. The smallest absolute Gasteiger partial charge is 0.108 e. The number of rotatable bonds is 5. The van der Waals surface area contributed by atoms with Crippen molar-refractivity contribution in [2.24, 2.45) is 5.84 Å². The number of hydrogen-bond acceptors (Lipinski definition) is 3. The van der Waals surface area contributed by atoms with Gasteiger partial charge < -0.3 is 4.42 Å². The number of furan rings is 1. The van der Waals surface area contributed by atoms with Crippen molar-refractivity contribution in [1.82, 2.24) is 5.43 Å². The SMILES string of the molecule is CCc1occc1C(Cc1c(C)cc(C)cc1C)NN. The lowest BCUT2D eigenvalue weighted by Crippen LogP contribution is -2.30. The van der Waals surface area contributed by atoms with Crippen LogP contribution in [-0.4, -0.2) is 0 Å². The minimum absolute atomic E-state index is 0.0869. The molecule has 1 aromatic carbocycles. The van der Waals surface area contributed by atoms with Crippen LogP contribution in [0.25, 0.3) is 0 Å². The highest BCUT2D eigenvalue weighted by atomic mass is 16.3. The predicted molar refractivity (Wildman–Crippen MR) is 82.5 cm³/mol. The third kappa shape index (κ3) is 2.94. The van der Waals surface area contributed by atoms with E-state index in [-0.39, 0.29) is 6.04 Å². The van der Waals surface area contributed by atoms with Gasteiger partial charge in [0.05, 0.1) is 12.3 Å². The standard InChI is InChI=1S/C17H24N2O/c1-5-17-14(6-7-20-17)16(19-18)10-15-12(3)8-11(2)9-13(15)4/h6-9,16,19H,5,10,18H2,1-4H3. The number of benzene rings is 1. The summed E-state index contributed by atoms with van der Waals surface area (Å²) in [6.07, 6.45) is 3.50. The van der Waals surface area contributed by atoms with Crippen LogP contribution in [-0.2, 0) is 12.8 Å². The van der Waals surface area contributed by atoms with Gasteiger partial charge in [0.25, 0.3) is 0 Å². The fourth-order valence-corrected chi connectivity index (χ4v) is 2.94. The summed E-state index contributed by atoms with van der Waals surface area (Å²) >= 11 is 0. The van der Waals surface area contributed by atoms with E-state index < -0.39 is 0 Å². The summed E-state index contributed by atoms with van der Waals surface area (Å²) in [7, 11) is 0. The molecule has 3 heteroatoms. The largest absolute Gasteiger partial charge is 0.469 e. The van der Waals surface area contributed by atoms with E-state index in [9.17, 15) is 0 Å². The fraction of sp³-hybridized carbons (Fsp3) is 0.412. The van der Waals surface area contributed by atoms with E-state index in [0.29, 0.717) is 0 Å². The van der Waals surface area contributed by atoms with Gasteiger partial charge in [0, 0.05) is 12.0 Å². The first-order valence-electron chi connectivity index (χ1n) is 7.16. The molecule has 1 unspecified atom stereocenters. The van der Waals surface area contributed by atoms with Crippen LogP contribution >= 0.6 is 0 Å². The van der Waals surface area contributed by atoms with Gasteiger partial charge in [0.1, 0.15) is 5.76 Å². The summed E-state index contributed by atoms with van der Waals surface area (Å²) in [5.74, 6) is 6.78. The second-order valence-corrected chi connectivity index (χ2v) is 5.45. The molecule has 0 saturated heterocycles. The van der Waals surface area contributed by atoms with Gasteiger partial charge in [-0.3, -0.25) is 11.3 Å². The molecule has 0 amide bonds. The Hall–Kier alpha value is -1.58. The molecular weight excluding hydrogens is 248 g/mol. The zero-order valence-corrected chi connectivity index (χ0v) is 12.8. The van der Waals surface area contributed by atoms with Crippen LogP contribution in [0.2, 0.25) is 0 Å². The summed E-state index contributed by atoms with van der Waals surface area (Å²) in [5, 5.41) is 0. The lowest BCUT2D eigenvalue weighted by atomic mass is 9.92. The van der Waals surface area contributed by atoms with Gasteiger partial charge in [0.2, 0.25) is 0 Å². The second-order valence-electron chi connectivity index (χ2n) is 5.45. The molecule has 3 N–H and O–H groups in total. The Kier molecular flexibility index (Phi) is 4.63. The highest BCUT2D eigenvalue weighted by Crippen LogP contribution is 2.26. The van der Waals surface area contributed by atoms with Gasteiger partial charge >= 0.3 is 0 Å². The maximum atomic E-state index is 5.77. The minimum Gasteiger partial charge on any atom is -0.469 e. The molecule has 108 valence electrons. The number of aryl methyl sites for hydroxylation is 4. The highest BCUT2D eigenvalue weighted by molar-refractivity contribution is 5.39. The lowest BCUT2D eigenvalue weighted by molar-refractivity contribution is 0.487. The Morgan fingerprint density at radius 1 is 1.20 bits per heavy atom. The maximum absolute atomic E-state index is 5.77. The van der Waals surface area contributed by atoms with Crippen LogP contribution in [0.3, 0.4) is 0 Å². The Morgan fingerprint density at radius 3 is 2.40 bits per heavy atom. The van der Waals surface area contributed by atoms with E-state index in [0.717, 1.165) is 24.2 Å². The number of hydrogen-bond donors (Lipinski definition) is 2. The molecular formula is C17H24N2O. The Bertz CT molecular complexity index is 563. The van der Waals surface area contributed by atoms with Crippen molar-refractivity contribution >= 4 is 0 Å². The van der Waals surface area contributed by atoms with Crippen LogP contribution in [0, 0.1) is 20.8 Å². The zero-order valence-electron chi connectivity index (χ0n) is 12.8. The van der Waals surface area contributed by atoms with E-state index >= 15 is 0 Å². The van der Waals surface area contributed by atoms with E-state index in [2.05, 4.69) is 45.3 Å². The van der Waals surface area contributed by atoms with Crippen LogP contribution in [0.15, 0.2) is 28.9 Å². The normalized spacial score (nSPS) is 12.7. The molecule has 0 aliphatic carbocycles. The Balaban J connectivity index is 2.32. The average Bonchev–Trinajstić information content (AvgIpc) is 2.86. The van der Waals surface area contributed by atoms with E-state index in [1.165, 1.54) is 22.3 Å². The first kappa shape index (κ1) is 14.8. The summed E-state index contributed by atoms with van der Waals surface area (Å²) in [4.78, 5) is 0. The fourth-order valence-electron chi connectivity index (χ4n) is 2.94. The molecule has 1 heterocycles. The van der Waals surface area contributed by atoms with Crippen LogP contribution in [0.1, 0.15) is 46.5 Å². The second kappa shape index (κ2) is 6.25. The van der Waals surface area contributed by atoms with E-state index in [4.69, 9.17) is 10.3 Å². The Morgan fingerprint density at radius 2 is 1.85 bits per heavy atom. The molecule has 0 spiro atoms. The number of nitrogens with one attached hydrogen (secondary N) is 1. The van der Waals surface area contributed by atoms with Crippen LogP contribution in [0.4, 0.5) is 0 Å². The van der Waals surface area contributed by atoms with Gasteiger partial charge in [-0.05, 0) is 49.9 Å². The molecule has 0 fully saturated rings. The molecule has 0 radical (unpaired) electrons. The number of nitrogens with two attached hydrogens (primary N) is 1. The van der Waals surface area contributed by atoms with E-state index in [1.54, 1.807) is 6.26 Å². The van der Waals surface area contributed by atoms with Gasteiger partial charge in [-0.15, -0.1) is 0 Å². The monoisotopic (exact) mass is 272 g/mol. The first-order valence-corrected chi connectivity index (χ1v) is 7.16. The summed E-state index contributed by atoms with van der Waals surface area (Å²) in [6.45, 7) is 8.56. The minimum atomic E-state index is 0.0869. The van der Waals surface area contributed by atoms with Crippen molar-refractivity contribution in [3.05, 3.63) is 58.0 Å². The van der Waals surface area contributed by atoms with Crippen molar-refractivity contribution < 1.29 is 4.42 Å². The molecule has 1 atom stereocenters. The molecule has 0 aliphatic rings. The topological polar surface area (TPSA) is 51.2 Å². The third-order valence-electron chi connectivity index (χ3n) is 3.93. The summed E-state index contributed by atoms with van der Waals surface area (Å²) < 4.78 is 5.52. The average molecular weight is 272 g/mol. The maximum Gasteiger partial charge on any atom is 0.108 e. The molecule has 2 aromatic rings. The molecule has 3 nitrogen and oxygen atoms in total. The van der Waals surface area contributed by atoms with Crippen molar-refractivity contribution in [3.63, 3.8) is 0 Å². The molecule has 1 aromatic heterocycles. The lowest BCUT2D eigenvalue weighted by Gasteiger charge is -2.19. The molecule has 20 heavy (non-hydrogen) atoms.